The van der Waals surface area contributed by atoms with Crippen molar-refractivity contribution in [2.45, 2.75) is 110 Å². The zero-order valence-electron chi connectivity index (χ0n) is 25.0. The zero-order valence-corrected chi connectivity index (χ0v) is 25.0. The Bertz CT molecular complexity index is 1100. The van der Waals surface area contributed by atoms with Gasteiger partial charge >= 0.3 is 23.2 Å². The van der Waals surface area contributed by atoms with Crippen molar-refractivity contribution in [2.75, 3.05) is 33.5 Å². The Labute approximate surface area is 246 Å². The van der Waals surface area contributed by atoms with Gasteiger partial charge in [-0.1, -0.05) is 25.7 Å². The van der Waals surface area contributed by atoms with E-state index in [-0.39, 0.29) is 25.7 Å². The van der Waals surface area contributed by atoms with Crippen molar-refractivity contribution in [3.05, 3.63) is 31.5 Å². The Hall–Kier alpha value is -3.78. The third kappa shape index (κ3) is 14.7. The van der Waals surface area contributed by atoms with Crippen LogP contribution in [0.5, 0.6) is 0 Å². The molecule has 0 bridgehead atoms. The molecule has 1 atom stereocenters. The van der Waals surface area contributed by atoms with Crippen LogP contribution >= 0.6 is 0 Å². The smallest absolute Gasteiger partial charge is 0.407 e. The molecule has 1 unspecified atom stereocenters. The highest BCUT2D eigenvalue weighted by molar-refractivity contribution is 5.67. The van der Waals surface area contributed by atoms with Crippen molar-refractivity contribution in [3.8, 4) is 12.5 Å². The maximum atomic E-state index is 13.2. The first-order valence-electron chi connectivity index (χ1n) is 14.8. The maximum absolute atomic E-state index is 13.2. The van der Waals surface area contributed by atoms with Gasteiger partial charge in [0.05, 0.1) is 6.61 Å². The number of hydrogen-bond donors (Lipinski definition) is 1. The Kier molecular flexibility index (Phi) is 19.7. The fourth-order valence-corrected chi connectivity index (χ4v) is 4.38. The van der Waals surface area contributed by atoms with Gasteiger partial charge in [0.15, 0.2) is 0 Å². The van der Waals surface area contributed by atoms with E-state index in [0.29, 0.717) is 64.9 Å². The molecule has 0 aromatic carbocycles. The first kappa shape index (κ1) is 36.2. The summed E-state index contributed by atoms with van der Waals surface area (Å²) in [4.78, 5) is 51.2. The summed E-state index contributed by atoms with van der Waals surface area (Å²) in [5.41, 5.74) is -1.80. The highest BCUT2D eigenvalue weighted by Crippen LogP contribution is 2.04. The minimum absolute atomic E-state index is 0.193. The van der Waals surface area contributed by atoms with Gasteiger partial charge in [0.2, 0.25) is 0 Å². The van der Waals surface area contributed by atoms with Crippen LogP contribution in [0, 0.1) is 23.0 Å². The lowest BCUT2D eigenvalue weighted by Crippen LogP contribution is -2.54. The number of ether oxygens (including phenoxy) is 4. The van der Waals surface area contributed by atoms with Gasteiger partial charge in [0, 0.05) is 33.3 Å². The number of nitrogens with zero attached hydrogens (tertiary/aromatic N) is 5. The van der Waals surface area contributed by atoms with Gasteiger partial charge in [-0.2, -0.15) is 10.5 Å². The first-order valence-corrected chi connectivity index (χ1v) is 14.8. The summed E-state index contributed by atoms with van der Waals surface area (Å²) in [6.07, 6.45) is 10.9. The molecule has 1 heterocycles. The standard InChI is InChI=1S/C28H46N6O8/c1-24(21-39-2)42-25(35)31-15-9-3-4-10-16-32-26(36)33(17-11-5-7-13-19-40-22-29)28(38)34(27(32)37)18-12-6-8-14-20-41-23-30/h24H,3-21H2,1-2H3,(H,31,35). The van der Waals surface area contributed by atoms with Gasteiger partial charge in [-0.25, -0.2) is 32.9 Å². The van der Waals surface area contributed by atoms with Crippen LogP contribution in [0.2, 0.25) is 0 Å². The van der Waals surface area contributed by atoms with Crippen molar-refractivity contribution < 1.29 is 23.7 Å². The third-order valence-electron chi connectivity index (χ3n) is 6.56. The molecule has 0 radical (unpaired) electrons. The molecule has 1 N–H and O–H groups in total. The fraction of sp³-hybridized carbons (Fsp3) is 0.786. The number of nitriles is 2. The topological polar surface area (TPSA) is 180 Å². The Morgan fingerprint density at radius 3 is 1.52 bits per heavy atom. The Morgan fingerprint density at radius 1 is 0.714 bits per heavy atom. The first-order chi connectivity index (χ1) is 20.4. The largest absolute Gasteiger partial charge is 0.444 e. The van der Waals surface area contributed by atoms with Gasteiger partial charge in [-0.05, 0) is 58.3 Å². The molecule has 0 saturated heterocycles. The summed E-state index contributed by atoms with van der Waals surface area (Å²) in [5.74, 6) is 0. The average Bonchev–Trinajstić information content (AvgIpc) is 2.96. The molecule has 236 valence electrons. The predicted octanol–water partition coefficient (Wildman–Crippen LogP) is 2.61. The van der Waals surface area contributed by atoms with Crippen LogP contribution in [0.4, 0.5) is 4.79 Å². The molecule has 42 heavy (non-hydrogen) atoms. The summed E-state index contributed by atoms with van der Waals surface area (Å²) < 4.78 is 22.8. The average molecular weight is 595 g/mol. The quantitative estimate of drug-likeness (QED) is 0.138. The third-order valence-corrected chi connectivity index (χ3v) is 6.56. The predicted molar refractivity (Wildman–Crippen MR) is 154 cm³/mol. The molecule has 0 aliphatic heterocycles. The van der Waals surface area contributed by atoms with Crippen LogP contribution < -0.4 is 22.4 Å². The molecule has 1 aromatic heterocycles. The molecular weight excluding hydrogens is 548 g/mol. The number of amides is 1. The van der Waals surface area contributed by atoms with Crippen molar-refractivity contribution in [1.82, 2.24) is 19.0 Å². The van der Waals surface area contributed by atoms with E-state index >= 15 is 0 Å². The van der Waals surface area contributed by atoms with Crippen LogP contribution in [-0.4, -0.2) is 59.4 Å². The normalized spacial score (nSPS) is 11.3. The fourth-order valence-electron chi connectivity index (χ4n) is 4.38. The summed E-state index contributed by atoms with van der Waals surface area (Å²) in [6.45, 7) is 3.78. The lowest BCUT2D eigenvalue weighted by molar-refractivity contribution is 0.0490. The molecule has 0 aliphatic carbocycles. The number of carbonyl (C=O) groups excluding carboxylic acids is 1. The van der Waals surface area contributed by atoms with Crippen molar-refractivity contribution in [3.63, 3.8) is 0 Å². The van der Waals surface area contributed by atoms with E-state index in [2.05, 4.69) is 14.8 Å². The van der Waals surface area contributed by atoms with E-state index in [1.54, 1.807) is 19.4 Å². The molecule has 1 amide bonds. The monoisotopic (exact) mass is 594 g/mol. The van der Waals surface area contributed by atoms with E-state index in [9.17, 15) is 19.2 Å². The van der Waals surface area contributed by atoms with E-state index in [0.717, 1.165) is 52.2 Å². The molecule has 0 fully saturated rings. The van der Waals surface area contributed by atoms with E-state index in [4.69, 9.17) is 20.0 Å². The Balaban J connectivity index is 2.73. The van der Waals surface area contributed by atoms with Crippen molar-refractivity contribution >= 4 is 6.09 Å². The number of hydrogen-bond acceptors (Lipinski definition) is 10. The number of carbonyl (C=O) groups is 1. The summed E-state index contributed by atoms with van der Waals surface area (Å²) in [7, 11) is 1.53. The second kappa shape index (κ2) is 22.9. The van der Waals surface area contributed by atoms with Crippen LogP contribution in [0.1, 0.15) is 84.0 Å². The SMILES string of the molecule is COCC(C)OC(=O)NCCCCCCn1c(=O)n(CCCCCCOC#N)c(=O)n(CCCCCCOC#N)c1=O. The lowest BCUT2D eigenvalue weighted by Gasteiger charge is -2.14. The molecule has 1 rings (SSSR count). The molecule has 14 nitrogen and oxygen atoms in total. The molecule has 0 spiro atoms. The second-order valence-corrected chi connectivity index (χ2v) is 10.0. The van der Waals surface area contributed by atoms with Crippen molar-refractivity contribution in [1.29, 1.82) is 10.5 Å². The summed E-state index contributed by atoms with van der Waals surface area (Å²) in [6, 6.07) is 0. The Morgan fingerprint density at radius 2 is 1.12 bits per heavy atom. The van der Waals surface area contributed by atoms with E-state index in [1.165, 1.54) is 7.11 Å². The lowest BCUT2D eigenvalue weighted by atomic mass is 10.2. The molecule has 0 aliphatic rings. The van der Waals surface area contributed by atoms with Crippen molar-refractivity contribution in [2.24, 2.45) is 0 Å². The van der Waals surface area contributed by atoms with Gasteiger partial charge < -0.3 is 24.3 Å². The van der Waals surface area contributed by atoms with Crippen LogP contribution in [0.25, 0.3) is 0 Å². The van der Waals surface area contributed by atoms with Gasteiger partial charge in [0.1, 0.15) is 19.3 Å². The zero-order chi connectivity index (χ0) is 31.0. The number of alkyl carbamates (subject to hydrolysis) is 1. The number of nitrogens with one attached hydrogen (secondary N) is 1. The minimum atomic E-state index is -0.600. The van der Waals surface area contributed by atoms with E-state index in [1.807, 2.05) is 0 Å². The minimum Gasteiger partial charge on any atom is -0.444 e. The van der Waals surface area contributed by atoms with E-state index < -0.39 is 23.2 Å². The van der Waals surface area contributed by atoms with Gasteiger partial charge in [-0.3, -0.25) is 0 Å². The summed E-state index contributed by atoms with van der Waals surface area (Å²) in [5, 5.41) is 19.6. The highest BCUT2D eigenvalue weighted by Gasteiger charge is 2.15. The molecule has 14 heteroatoms. The maximum Gasteiger partial charge on any atom is 0.407 e. The second-order valence-electron chi connectivity index (χ2n) is 10.0. The molecule has 1 aromatic rings. The van der Waals surface area contributed by atoms with Crippen LogP contribution in [-0.2, 0) is 38.6 Å². The molecule has 0 saturated carbocycles. The van der Waals surface area contributed by atoms with Gasteiger partial charge in [0.25, 0.3) is 12.5 Å². The van der Waals surface area contributed by atoms with Crippen LogP contribution in [0.3, 0.4) is 0 Å². The molecular formula is C28H46N6O8. The number of aromatic nitrogens is 3. The van der Waals surface area contributed by atoms with Crippen LogP contribution in [0.15, 0.2) is 14.4 Å². The number of rotatable bonds is 24. The summed E-state index contributed by atoms with van der Waals surface area (Å²) >= 11 is 0. The highest BCUT2D eigenvalue weighted by atomic mass is 16.6. The number of unbranched alkanes of at least 4 members (excludes halogenated alkanes) is 9. The van der Waals surface area contributed by atoms with Gasteiger partial charge in [-0.15, -0.1) is 0 Å². The number of methoxy groups -OCH3 is 1.